The van der Waals surface area contributed by atoms with Gasteiger partial charge in [0.1, 0.15) is 6.10 Å². The van der Waals surface area contributed by atoms with Gasteiger partial charge in [-0.25, -0.2) is 0 Å². The van der Waals surface area contributed by atoms with Gasteiger partial charge < -0.3 is 25.7 Å². The van der Waals surface area contributed by atoms with Crippen LogP contribution < -0.4 is 5.32 Å². The van der Waals surface area contributed by atoms with Crippen molar-refractivity contribution in [3.63, 3.8) is 0 Å². The van der Waals surface area contributed by atoms with Crippen molar-refractivity contribution in [3.8, 4) is 0 Å². The Hall–Kier alpha value is -1.73. The van der Waals surface area contributed by atoms with E-state index in [9.17, 15) is 25.2 Å². The van der Waals surface area contributed by atoms with Crippen LogP contribution in [0.4, 0.5) is 0 Å². The second-order valence-corrected chi connectivity index (χ2v) is 12.3. The van der Waals surface area contributed by atoms with Crippen molar-refractivity contribution in [2.24, 2.45) is 0 Å². The number of unbranched alkanes of at least 4 members (excludes halogenated alkanes) is 15. The number of amides is 1. The molecule has 256 valence electrons. The van der Waals surface area contributed by atoms with Crippen molar-refractivity contribution in [1.82, 2.24) is 5.32 Å². The number of aliphatic hydroxyl groups is 4. The van der Waals surface area contributed by atoms with E-state index in [0.717, 1.165) is 38.5 Å². The topological polar surface area (TPSA) is 110 Å². The predicted octanol–water partition coefficient (Wildman–Crippen LogP) is 8.39. The Morgan fingerprint density at radius 2 is 1.23 bits per heavy atom. The van der Waals surface area contributed by atoms with E-state index >= 15 is 0 Å². The highest BCUT2D eigenvalue weighted by Crippen LogP contribution is 2.15. The van der Waals surface area contributed by atoms with Gasteiger partial charge in [-0.1, -0.05) is 152 Å². The van der Waals surface area contributed by atoms with Crippen LogP contribution in [-0.2, 0) is 4.79 Å². The lowest BCUT2D eigenvalue weighted by molar-refractivity contribution is -0.124. The number of carbonyl (C=O) groups is 1. The van der Waals surface area contributed by atoms with Crippen LogP contribution in [0.15, 0.2) is 48.6 Å². The number of nitrogens with one attached hydrogen (secondary N) is 1. The first kappa shape index (κ1) is 42.3. The first-order valence-corrected chi connectivity index (χ1v) is 18.0. The smallest absolute Gasteiger partial charge is 0.220 e. The molecule has 0 fully saturated rings. The minimum absolute atomic E-state index is 0.230. The Kier molecular flexibility index (Phi) is 31.4. The molecule has 0 spiro atoms. The third-order valence-electron chi connectivity index (χ3n) is 8.02. The van der Waals surface area contributed by atoms with Crippen LogP contribution in [0.1, 0.15) is 155 Å². The quantitative estimate of drug-likeness (QED) is 0.0304. The molecule has 0 aliphatic heterocycles. The van der Waals surface area contributed by atoms with Crippen LogP contribution in [0.5, 0.6) is 0 Å². The van der Waals surface area contributed by atoms with Crippen molar-refractivity contribution in [1.29, 1.82) is 0 Å². The van der Waals surface area contributed by atoms with Crippen LogP contribution in [0.25, 0.3) is 0 Å². The second kappa shape index (κ2) is 32.7. The van der Waals surface area contributed by atoms with E-state index in [2.05, 4.69) is 25.2 Å². The molecule has 6 nitrogen and oxygen atoms in total. The number of carbonyl (C=O) groups excluding carboxylic acids is 1. The lowest BCUT2D eigenvalue weighted by atomic mass is 9.99. The molecule has 0 unspecified atom stereocenters. The third kappa shape index (κ3) is 27.8. The van der Waals surface area contributed by atoms with Crippen molar-refractivity contribution in [2.45, 2.75) is 179 Å². The van der Waals surface area contributed by atoms with Crippen LogP contribution in [0.2, 0.25) is 0 Å². The predicted molar refractivity (Wildman–Crippen MR) is 187 cm³/mol. The van der Waals surface area contributed by atoms with Crippen molar-refractivity contribution in [2.75, 3.05) is 6.61 Å². The van der Waals surface area contributed by atoms with Crippen LogP contribution in [0, 0.1) is 0 Å². The largest absolute Gasteiger partial charge is 0.394 e. The molecule has 44 heavy (non-hydrogen) atoms. The van der Waals surface area contributed by atoms with E-state index in [4.69, 9.17) is 0 Å². The lowest BCUT2D eigenvalue weighted by Crippen LogP contribution is -2.50. The number of aliphatic hydroxyl groups excluding tert-OH is 4. The fourth-order valence-corrected chi connectivity index (χ4v) is 5.11. The number of rotatable bonds is 31. The van der Waals surface area contributed by atoms with Gasteiger partial charge >= 0.3 is 0 Å². The highest BCUT2D eigenvalue weighted by molar-refractivity contribution is 5.76. The maximum absolute atomic E-state index is 12.3. The zero-order valence-electron chi connectivity index (χ0n) is 28.4. The normalized spacial score (nSPS) is 15.1. The van der Waals surface area contributed by atoms with Gasteiger partial charge in [-0.2, -0.15) is 0 Å². The van der Waals surface area contributed by atoms with Crippen LogP contribution in [0.3, 0.4) is 0 Å². The van der Waals surface area contributed by atoms with E-state index in [1.807, 2.05) is 42.5 Å². The van der Waals surface area contributed by atoms with E-state index in [-0.39, 0.29) is 5.91 Å². The number of hydrogen-bond acceptors (Lipinski definition) is 5. The van der Waals surface area contributed by atoms with Gasteiger partial charge in [0.05, 0.1) is 24.9 Å². The molecule has 6 heteroatoms. The minimum atomic E-state index is -1.18. The van der Waals surface area contributed by atoms with Crippen molar-refractivity contribution < 1.29 is 25.2 Å². The molecule has 0 saturated carbocycles. The molecule has 0 saturated heterocycles. The summed E-state index contributed by atoms with van der Waals surface area (Å²) in [7, 11) is 0. The molecule has 0 aromatic heterocycles. The first-order chi connectivity index (χ1) is 21.5. The monoisotopic (exact) mass is 620 g/mol. The third-order valence-corrected chi connectivity index (χ3v) is 8.02. The zero-order chi connectivity index (χ0) is 32.5. The fourth-order valence-electron chi connectivity index (χ4n) is 5.11. The van der Waals surface area contributed by atoms with E-state index in [0.29, 0.717) is 25.7 Å². The Morgan fingerprint density at radius 1 is 0.659 bits per heavy atom. The number of hydrogen-bond donors (Lipinski definition) is 5. The Balaban J connectivity index is 3.92. The minimum Gasteiger partial charge on any atom is -0.394 e. The summed E-state index contributed by atoms with van der Waals surface area (Å²) >= 11 is 0. The molecule has 0 rings (SSSR count). The summed E-state index contributed by atoms with van der Waals surface area (Å²) in [4.78, 5) is 12.3. The fraction of sp³-hybridized carbons (Fsp3) is 0.763. The Bertz CT molecular complexity index is 748. The second-order valence-electron chi connectivity index (χ2n) is 12.3. The lowest BCUT2D eigenvalue weighted by Gasteiger charge is -2.26. The molecule has 0 heterocycles. The summed E-state index contributed by atoms with van der Waals surface area (Å²) in [6.45, 7) is 4.04. The summed E-state index contributed by atoms with van der Waals surface area (Å²) < 4.78 is 0. The molecular formula is C38H69NO5. The first-order valence-electron chi connectivity index (χ1n) is 18.0. The van der Waals surface area contributed by atoms with Gasteiger partial charge in [0.25, 0.3) is 0 Å². The van der Waals surface area contributed by atoms with Gasteiger partial charge in [-0.05, 0) is 44.9 Å². The summed E-state index contributed by atoms with van der Waals surface area (Å²) in [6, 6.07) is -0.859. The van der Waals surface area contributed by atoms with E-state index < -0.39 is 31.0 Å². The van der Waals surface area contributed by atoms with E-state index in [1.165, 1.54) is 77.0 Å². The standard InChI is InChI=1S/C38H69NO5/c1-3-5-7-9-11-12-13-14-15-19-23-27-31-36(42)38(44)35(33-40)39-37(43)32-28-24-20-16-18-22-26-30-34(41)29-25-21-17-10-8-6-4-2/h16-17,20-22,25-26,29,34-36,38,40-42,44H,3-15,18-19,23-24,27-28,30-33H2,1-2H3,(H,39,43)/b20-16+,21-17-,26-22-,29-25-/t34-,35-,36+,38+/m0/s1. The average molecular weight is 620 g/mol. The summed E-state index contributed by atoms with van der Waals surface area (Å²) in [5, 5.41) is 43.2. The maximum Gasteiger partial charge on any atom is 0.220 e. The van der Waals surface area contributed by atoms with E-state index in [1.54, 1.807) is 0 Å². The van der Waals surface area contributed by atoms with Gasteiger partial charge in [0, 0.05) is 6.42 Å². The summed E-state index contributed by atoms with van der Waals surface area (Å²) in [6.07, 6.45) is 36.5. The highest BCUT2D eigenvalue weighted by Gasteiger charge is 2.26. The molecule has 0 aromatic rings. The zero-order valence-corrected chi connectivity index (χ0v) is 28.4. The average Bonchev–Trinajstić information content (AvgIpc) is 3.02. The summed E-state index contributed by atoms with van der Waals surface area (Å²) in [5.41, 5.74) is 0. The molecule has 0 radical (unpaired) electrons. The van der Waals surface area contributed by atoms with Gasteiger partial charge in [-0.15, -0.1) is 0 Å². The highest BCUT2D eigenvalue weighted by atomic mass is 16.3. The van der Waals surface area contributed by atoms with Gasteiger partial charge in [0.2, 0.25) is 5.91 Å². The summed E-state index contributed by atoms with van der Waals surface area (Å²) in [5.74, 6) is -0.230. The molecular weight excluding hydrogens is 550 g/mol. The van der Waals surface area contributed by atoms with Gasteiger partial charge in [0.15, 0.2) is 0 Å². The van der Waals surface area contributed by atoms with Crippen molar-refractivity contribution >= 4 is 5.91 Å². The van der Waals surface area contributed by atoms with Crippen molar-refractivity contribution in [3.05, 3.63) is 48.6 Å². The SMILES string of the molecule is CCCCC/C=C\C=C/[C@H](O)C/C=C\C/C=C/CCCC(=O)N[C@@H](CO)[C@@H](O)[C@H](O)CCCCCCCCCCCCCC. The Morgan fingerprint density at radius 3 is 1.86 bits per heavy atom. The molecule has 0 bridgehead atoms. The van der Waals surface area contributed by atoms with Gasteiger partial charge in [-0.3, -0.25) is 4.79 Å². The molecule has 1 amide bonds. The Labute approximate surface area is 270 Å². The van der Waals surface area contributed by atoms with Crippen LogP contribution in [-0.4, -0.2) is 57.3 Å². The molecule has 4 atom stereocenters. The maximum atomic E-state index is 12.3. The van der Waals surface area contributed by atoms with Crippen LogP contribution >= 0.6 is 0 Å². The molecule has 5 N–H and O–H groups in total. The molecule has 0 aliphatic rings. The number of allylic oxidation sites excluding steroid dienone is 6. The molecule has 0 aromatic carbocycles. The molecule has 0 aliphatic carbocycles.